The highest BCUT2D eigenvalue weighted by molar-refractivity contribution is 5.75. The molecule has 0 saturated carbocycles. The fourth-order valence-electron chi connectivity index (χ4n) is 3.53. The van der Waals surface area contributed by atoms with Crippen LogP contribution in [-0.4, -0.2) is 48.1 Å². The molecule has 0 aromatic carbocycles. The number of rotatable bonds is 14. The van der Waals surface area contributed by atoms with Gasteiger partial charge in [0, 0.05) is 25.9 Å². The molecule has 0 aromatic rings. The average Bonchev–Trinajstić information content (AvgIpc) is 2.58. The molecular weight excluding hydrogens is 316 g/mol. The molecule has 1 fully saturated rings. The van der Waals surface area contributed by atoms with Crippen molar-refractivity contribution >= 4 is 11.9 Å². The molecule has 25 heavy (non-hydrogen) atoms. The van der Waals surface area contributed by atoms with E-state index in [2.05, 4.69) is 17.1 Å². The van der Waals surface area contributed by atoms with E-state index in [9.17, 15) is 9.59 Å². The summed E-state index contributed by atoms with van der Waals surface area (Å²) < 4.78 is 0. The van der Waals surface area contributed by atoms with Gasteiger partial charge in [0.25, 0.3) is 0 Å². The van der Waals surface area contributed by atoms with E-state index < -0.39 is 5.97 Å². The zero-order chi connectivity index (χ0) is 18.3. The number of hydrogen-bond acceptors (Lipinski definition) is 3. The van der Waals surface area contributed by atoms with Crippen LogP contribution in [-0.2, 0) is 9.59 Å². The Labute approximate surface area is 153 Å². The van der Waals surface area contributed by atoms with Crippen LogP contribution in [0.3, 0.4) is 0 Å². The van der Waals surface area contributed by atoms with E-state index in [1.807, 2.05) is 0 Å². The van der Waals surface area contributed by atoms with Gasteiger partial charge in [0.15, 0.2) is 0 Å². The van der Waals surface area contributed by atoms with Crippen molar-refractivity contribution in [3.05, 3.63) is 0 Å². The standard InChI is InChI=1S/C20H38N2O3/c1-18(17-22-15-8-5-9-16-22)11-10-12-19(23)21-14-7-4-2-3-6-13-20(24)25/h18H,2-17H2,1H3,(H,21,23)(H,24,25). The number of carbonyl (C=O) groups is 2. The van der Waals surface area contributed by atoms with Crippen LogP contribution in [0.25, 0.3) is 0 Å². The lowest BCUT2D eigenvalue weighted by Crippen LogP contribution is -2.33. The maximum absolute atomic E-state index is 11.8. The van der Waals surface area contributed by atoms with E-state index in [0.717, 1.165) is 51.5 Å². The summed E-state index contributed by atoms with van der Waals surface area (Å²) in [7, 11) is 0. The summed E-state index contributed by atoms with van der Waals surface area (Å²) in [5, 5.41) is 11.6. The Balaban J connectivity index is 1.88. The Morgan fingerprint density at radius 3 is 2.36 bits per heavy atom. The normalized spacial score (nSPS) is 16.5. The monoisotopic (exact) mass is 354 g/mol. The van der Waals surface area contributed by atoms with Gasteiger partial charge in [-0.2, -0.15) is 0 Å². The molecule has 146 valence electrons. The molecule has 1 heterocycles. The number of carboxylic acid groups (broad SMARTS) is 1. The van der Waals surface area contributed by atoms with E-state index in [1.54, 1.807) is 0 Å². The van der Waals surface area contributed by atoms with Gasteiger partial charge in [0.1, 0.15) is 0 Å². The van der Waals surface area contributed by atoms with Gasteiger partial charge in [-0.05, 0) is 57.5 Å². The molecular formula is C20H38N2O3. The number of piperidine rings is 1. The number of carboxylic acids is 1. The summed E-state index contributed by atoms with van der Waals surface area (Å²) in [5.41, 5.74) is 0. The molecule has 5 heteroatoms. The first kappa shape index (κ1) is 21.9. The van der Waals surface area contributed by atoms with Crippen LogP contribution in [0, 0.1) is 5.92 Å². The number of amides is 1. The van der Waals surface area contributed by atoms with Gasteiger partial charge in [0.05, 0.1) is 0 Å². The summed E-state index contributed by atoms with van der Waals surface area (Å²) >= 11 is 0. The van der Waals surface area contributed by atoms with Crippen molar-refractivity contribution in [3.63, 3.8) is 0 Å². The lowest BCUT2D eigenvalue weighted by atomic mass is 10.0. The molecule has 1 amide bonds. The highest BCUT2D eigenvalue weighted by Gasteiger charge is 2.13. The van der Waals surface area contributed by atoms with Crippen LogP contribution in [0.2, 0.25) is 0 Å². The number of unbranched alkanes of at least 4 members (excludes halogenated alkanes) is 4. The third-order valence-corrected chi connectivity index (χ3v) is 5.01. The Kier molecular flexibility index (Phi) is 12.4. The van der Waals surface area contributed by atoms with Gasteiger partial charge in [-0.15, -0.1) is 0 Å². The molecule has 1 unspecified atom stereocenters. The van der Waals surface area contributed by atoms with Gasteiger partial charge >= 0.3 is 5.97 Å². The second-order valence-electron chi connectivity index (χ2n) is 7.62. The van der Waals surface area contributed by atoms with Crippen molar-refractivity contribution in [1.29, 1.82) is 0 Å². The van der Waals surface area contributed by atoms with E-state index >= 15 is 0 Å². The van der Waals surface area contributed by atoms with Crippen LogP contribution in [0.15, 0.2) is 0 Å². The Morgan fingerprint density at radius 1 is 0.960 bits per heavy atom. The van der Waals surface area contributed by atoms with E-state index in [0.29, 0.717) is 12.3 Å². The van der Waals surface area contributed by atoms with Crippen LogP contribution in [0.1, 0.15) is 84.0 Å². The van der Waals surface area contributed by atoms with Crippen molar-refractivity contribution in [2.45, 2.75) is 84.0 Å². The van der Waals surface area contributed by atoms with E-state index in [1.165, 1.54) is 38.9 Å². The van der Waals surface area contributed by atoms with Crippen LogP contribution < -0.4 is 5.32 Å². The smallest absolute Gasteiger partial charge is 0.303 e. The third kappa shape index (κ3) is 12.9. The summed E-state index contributed by atoms with van der Waals surface area (Å²) in [6.45, 7) is 6.74. The molecule has 2 N–H and O–H groups in total. The molecule has 0 aromatic heterocycles. The topological polar surface area (TPSA) is 69.6 Å². The second-order valence-corrected chi connectivity index (χ2v) is 7.62. The lowest BCUT2D eigenvalue weighted by Gasteiger charge is -2.29. The first-order valence-corrected chi connectivity index (χ1v) is 10.3. The summed E-state index contributed by atoms with van der Waals surface area (Å²) in [4.78, 5) is 24.8. The molecule has 1 atom stereocenters. The molecule has 1 saturated heterocycles. The van der Waals surface area contributed by atoms with Gasteiger partial charge in [-0.1, -0.05) is 32.6 Å². The molecule has 1 rings (SSSR count). The quantitative estimate of drug-likeness (QED) is 0.465. The molecule has 1 aliphatic heterocycles. The summed E-state index contributed by atoms with van der Waals surface area (Å²) in [5.74, 6) is 0.144. The largest absolute Gasteiger partial charge is 0.481 e. The second kappa shape index (κ2) is 14.1. The number of aliphatic carboxylic acids is 1. The minimum atomic E-state index is -0.711. The van der Waals surface area contributed by atoms with Gasteiger partial charge in [-0.3, -0.25) is 9.59 Å². The molecule has 0 radical (unpaired) electrons. The van der Waals surface area contributed by atoms with Crippen molar-refractivity contribution in [2.24, 2.45) is 5.92 Å². The maximum atomic E-state index is 11.8. The fourth-order valence-corrected chi connectivity index (χ4v) is 3.53. The molecule has 5 nitrogen and oxygen atoms in total. The van der Waals surface area contributed by atoms with Crippen LogP contribution in [0.4, 0.5) is 0 Å². The first-order valence-electron chi connectivity index (χ1n) is 10.3. The lowest BCUT2D eigenvalue weighted by molar-refractivity contribution is -0.137. The van der Waals surface area contributed by atoms with Gasteiger partial charge in [0.2, 0.25) is 5.91 Å². The van der Waals surface area contributed by atoms with E-state index in [-0.39, 0.29) is 12.3 Å². The minimum absolute atomic E-state index is 0.177. The minimum Gasteiger partial charge on any atom is -0.481 e. The SMILES string of the molecule is CC(CCCC(=O)NCCCCCCCC(=O)O)CN1CCCCC1. The summed E-state index contributed by atoms with van der Waals surface area (Å²) in [6.07, 6.45) is 11.9. The molecule has 0 spiro atoms. The van der Waals surface area contributed by atoms with E-state index in [4.69, 9.17) is 5.11 Å². The number of carbonyl (C=O) groups excluding carboxylic acids is 1. The number of likely N-dealkylation sites (tertiary alicyclic amines) is 1. The first-order chi connectivity index (χ1) is 12.1. The van der Waals surface area contributed by atoms with Crippen molar-refractivity contribution in [3.8, 4) is 0 Å². The van der Waals surface area contributed by atoms with Crippen LogP contribution in [0.5, 0.6) is 0 Å². The predicted molar refractivity (Wildman–Crippen MR) is 102 cm³/mol. The molecule has 0 bridgehead atoms. The molecule has 0 aliphatic carbocycles. The van der Waals surface area contributed by atoms with Gasteiger partial charge in [-0.25, -0.2) is 0 Å². The average molecular weight is 355 g/mol. The highest BCUT2D eigenvalue weighted by Crippen LogP contribution is 2.14. The van der Waals surface area contributed by atoms with Crippen LogP contribution >= 0.6 is 0 Å². The van der Waals surface area contributed by atoms with Crippen molar-refractivity contribution in [2.75, 3.05) is 26.2 Å². The maximum Gasteiger partial charge on any atom is 0.303 e. The number of hydrogen-bond donors (Lipinski definition) is 2. The highest BCUT2D eigenvalue weighted by atomic mass is 16.4. The Bertz CT molecular complexity index is 368. The van der Waals surface area contributed by atoms with Gasteiger partial charge < -0.3 is 15.3 Å². The van der Waals surface area contributed by atoms with Crippen molar-refractivity contribution < 1.29 is 14.7 Å². The predicted octanol–water partition coefficient (Wildman–Crippen LogP) is 3.82. The number of nitrogens with one attached hydrogen (secondary N) is 1. The Hall–Kier alpha value is -1.10. The molecule has 1 aliphatic rings. The number of nitrogens with zero attached hydrogens (tertiary/aromatic N) is 1. The third-order valence-electron chi connectivity index (χ3n) is 5.01. The Morgan fingerprint density at radius 2 is 1.64 bits per heavy atom. The summed E-state index contributed by atoms with van der Waals surface area (Å²) in [6, 6.07) is 0. The fraction of sp³-hybridized carbons (Fsp3) is 0.900. The van der Waals surface area contributed by atoms with Crippen molar-refractivity contribution in [1.82, 2.24) is 10.2 Å². The zero-order valence-corrected chi connectivity index (χ0v) is 16.1. The zero-order valence-electron chi connectivity index (χ0n) is 16.1.